The lowest BCUT2D eigenvalue weighted by Gasteiger charge is -2.31. The van der Waals surface area contributed by atoms with Crippen molar-refractivity contribution in [3.8, 4) is 0 Å². The molecular formula is C12H16ClFN5O11P3. The summed E-state index contributed by atoms with van der Waals surface area (Å²) in [4.78, 5) is 47.7. The van der Waals surface area contributed by atoms with E-state index in [-0.39, 0.29) is 17.0 Å². The number of nitrogens with zero attached hydrogens (tertiary/aromatic N) is 4. The Balaban J connectivity index is 1.82. The van der Waals surface area contributed by atoms with Gasteiger partial charge in [-0.2, -0.15) is 8.62 Å². The summed E-state index contributed by atoms with van der Waals surface area (Å²) in [7, 11) is -16.8. The number of rotatable bonds is 9. The minimum absolute atomic E-state index is 0.0158. The van der Waals surface area contributed by atoms with Crippen molar-refractivity contribution >= 4 is 57.9 Å². The number of nitrogens with two attached hydrogens (primary N) is 1. The number of hydrogen-bond acceptors (Lipinski definition) is 11. The first kappa shape index (κ1) is 26.1. The molecule has 2 unspecified atom stereocenters. The fraction of sp³-hybridized carbons (Fsp3) is 0.417. The summed E-state index contributed by atoms with van der Waals surface area (Å²) in [5, 5.41) is 0. The molecule has 3 heterocycles. The summed E-state index contributed by atoms with van der Waals surface area (Å²) >= 11 is 5.93. The predicted octanol–water partition coefficient (Wildman–Crippen LogP) is 1.49. The van der Waals surface area contributed by atoms with E-state index in [1.165, 1.54) is 6.92 Å². The van der Waals surface area contributed by atoms with Crippen LogP contribution in [0.4, 0.5) is 10.2 Å². The average molecular weight is 554 g/mol. The Morgan fingerprint density at radius 2 is 1.88 bits per heavy atom. The molecule has 0 aliphatic carbocycles. The number of aromatic nitrogens is 4. The number of halogens is 2. The molecule has 6 N–H and O–H groups in total. The molecule has 16 nitrogen and oxygen atoms in total. The molecule has 184 valence electrons. The van der Waals surface area contributed by atoms with Gasteiger partial charge in [-0.3, -0.25) is 9.09 Å². The molecule has 0 fully saturated rings. The number of ether oxygens (including phenoxy) is 1. The third-order valence-electron chi connectivity index (χ3n) is 4.37. The van der Waals surface area contributed by atoms with E-state index in [0.29, 0.717) is 0 Å². The summed E-state index contributed by atoms with van der Waals surface area (Å²) in [5.74, 6) is -2.98. The molecule has 21 heteroatoms. The van der Waals surface area contributed by atoms with Crippen LogP contribution in [0.3, 0.4) is 0 Å². The Labute approximate surface area is 188 Å². The first-order valence-corrected chi connectivity index (χ1v) is 13.5. The zero-order chi connectivity index (χ0) is 24.8. The summed E-state index contributed by atoms with van der Waals surface area (Å²) in [6.07, 6.45) is 2.25. The Hall–Kier alpha value is -1.48. The van der Waals surface area contributed by atoms with Crippen LogP contribution in [0.15, 0.2) is 18.5 Å². The van der Waals surface area contributed by atoms with Crippen molar-refractivity contribution in [1.29, 1.82) is 0 Å². The minimum Gasteiger partial charge on any atom is -0.466 e. The van der Waals surface area contributed by atoms with E-state index in [1.54, 1.807) is 0 Å². The monoisotopic (exact) mass is 553 g/mol. The summed E-state index contributed by atoms with van der Waals surface area (Å²) in [6.45, 7) is 0.343. The van der Waals surface area contributed by atoms with Gasteiger partial charge in [0.05, 0.1) is 11.8 Å². The first-order chi connectivity index (χ1) is 15.1. The number of imidazole rings is 1. The Morgan fingerprint density at radius 1 is 1.21 bits per heavy atom. The summed E-state index contributed by atoms with van der Waals surface area (Å²) < 4.78 is 67.9. The van der Waals surface area contributed by atoms with Crippen LogP contribution in [-0.2, 0) is 31.6 Å². The van der Waals surface area contributed by atoms with Crippen molar-refractivity contribution in [3.63, 3.8) is 0 Å². The van der Waals surface area contributed by atoms with Crippen LogP contribution < -0.4 is 5.73 Å². The third kappa shape index (κ3) is 5.61. The molecular weight excluding hydrogens is 538 g/mol. The first-order valence-electron chi connectivity index (χ1n) is 8.47. The van der Waals surface area contributed by atoms with Crippen molar-refractivity contribution in [2.75, 3.05) is 18.2 Å². The van der Waals surface area contributed by atoms with Gasteiger partial charge in [-0.1, -0.05) is 6.92 Å². The maximum atomic E-state index is 15.1. The van der Waals surface area contributed by atoms with E-state index in [1.807, 2.05) is 0 Å². The van der Waals surface area contributed by atoms with E-state index < -0.39 is 59.2 Å². The quantitative estimate of drug-likeness (QED) is 0.218. The van der Waals surface area contributed by atoms with Crippen molar-refractivity contribution in [3.05, 3.63) is 18.5 Å². The summed E-state index contributed by atoms with van der Waals surface area (Å²) in [5.41, 5.74) is 4.09. The molecule has 0 bridgehead atoms. The lowest BCUT2D eigenvalue weighted by Crippen LogP contribution is -2.42. The molecule has 1 aliphatic heterocycles. The number of fused-ring (bicyclic) bond motifs is 1. The van der Waals surface area contributed by atoms with Gasteiger partial charge in [0.25, 0.3) is 0 Å². The van der Waals surface area contributed by atoms with Gasteiger partial charge in [0.1, 0.15) is 19.3 Å². The second kappa shape index (κ2) is 8.95. The molecule has 0 spiro atoms. The van der Waals surface area contributed by atoms with Gasteiger partial charge in [-0.25, -0.2) is 33.0 Å². The van der Waals surface area contributed by atoms with Gasteiger partial charge in [0.15, 0.2) is 28.4 Å². The van der Waals surface area contributed by atoms with Crippen LogP contribution in [0.25, 0.3) is 17.0 Å². The minimum atomic E-state index is -5.74. The van der Waals surface area contributed by atoms with Gasteiger partial charge in [-0.15, -0.1) is 11.6 Å². The number of hydrogen-bond donors (Lipinski definition) is 5. The molecule has 33 heavy (non-hydrogen) atoms. The number of nitrogen functional groups attached to an aromatic ring is 1. The van der Waals surface area contributed by atoms with Crippen molar-refractivity contribution in [2.45, 2.75) is 12.5 Å². The molecule has 4 atom stereocenters. The lowest BCUT2D eigenvalue weighted by molar-refractivity contribution is -0.0125. The van der Waals surface area contributed by atoms with Crippen LogP contribution in [-0.4, -0.2) is 57.2 Å². The van der Waals surface area contributed by atoms with Gasteiger partial charge in [0, 0.05) is 0 Å². The van der Waals surface area contributed by atoms with Crippen molar-refractivity contribution in [2.24, 2.45) is 5.92 Å². The number of anilines is 1. The van der Waals surface area contributed by atoms with Gasteiger partial charge >= 0.3 is 23.5 Å². The highest BCUT2D eigenvalue weighted by atomic mass is 35.5. The molecule has 1 aliphatic rings. The second-order valence-electron chi connectivity index (χ2n) is 6.59. The van der Waals surface area contributed by atoms with E-state index >= 15 is 4.39 Å². The zero-order valence-electron chi connectivity index (χ0n) is 16.3. The van der Waals surface area contributed by atoms with Crippen LogP contribution in [0, 0.1) is 5.92 Å². The van der Waals surface area contributed by atoms with E-state index in [2.05, 4.69) is 28.1 Å². The lowest BCUT2D eigenvalue weighted by atomic mass is 9.92. The van der Waals surface area contributed by atoms with Gasteiger partial charge in [0.2, 0.25) is 5.88 Å². The Morgan fingerprint density at radius 3 is 2.48 bits per heavy atom. The maximum absolute atomic E-state index is 15.1. The largest absolute Gasteiger partial charge is 0.490 e. The van der Waals surface area contributed by atoms with Crippen LogP contribution in [0.1, 0.15) is 6.92 Å². The summed E-state index contributed by atoms with van der Waals surface area (Å²) in [6, 6.07) is 0. The highest BCUT2D eigenvalue weighted by molar-refractivity contribution is 7.66. The molecule has 2 aromatic heterocycles. The molecule has 2 aromatic rings. The van der Waals surface area contributed by atoms with Crippen molar-refractivity contribution < 1.29 is 55.5 Å². The average Bonchev–Trinajstić information content (AvgIpc) is 3.19. The van der Waals surface area contributed by atoms with Crippen LogP contribution in [0.2, 0.25) is 0 Å². The number of phosphoric acid groups is 3. The molecule has 0 radical (unpaired) electrons. The molecule has 0 saturated carbocycles. The van der Waals surface area contributed by atoms with E-state index in [4.69, 9.17) is 31.9 Å². The third-order valence-corrected chi connectivity index (χ3v) is 8.60. The zero-order valence-corrected chi connectivity index (χ0v) is 19.7. The van der Waals surface area contributed by atoms with Gasteiger partial charge < -0.3 is 30.0 Å². The molecule has 0 aromatic carbocycles. The highest BCUT2D eigenvalue weighted by Crippen LogP contribution is 2.66. The Kier molecular flexibility index (Phi) is 7.08. The smallest absolute Gasteiger partial charge is 0.466 e. The SMILES string of the molecule is C[C@H]1C(F)=C(n2cnc3c(N)ncnc32)O[C@]1(CCl)COP(=O)(O)OP(=O)(O)OP(=O)(O)O. The standard InChI is InChI=1S/C12H16ClFN5O11P3/c1-6-7(14)11(19-5-18-8-9(15)16-4-17-10(8)19)28-12(6,2-13)3-27-32(23,24)30-33(25,26)29-31(20,21)22/h4-6H,2-3H2,1H3,(H,23,24)(H,25,26)(H2,15,16,17)(H2,20,21,22)/t6-,12+/m0/s1. The Bertz CT molecular complexity index is 1250. The highest BCUT2D eigenvalue weighted by Gasteiger charge is 2.51. The predicted molar refractivity (Wildman–Crippen MR) is 108 cm³/mol. The van der Waals surface area contributed by atoms with Crippen LogP contribution >= 0.6 is 35.1 Å². The molecule has 3 rings (SSSR count). The molecule has 0 saturated heterocycles. The second-order valence-corrected chi connectivity index (χ2v) is 11.3. The van der Waals surface area contributed by atoms with E-state index in [9.17, 15) is 23.5 Å². The van der Waals surface area contributed by atoms with E-state index in [0.717, 1.165) is 17.2 Å². The van der Waals surface area contributed by atoms with Gasteiger partial charge in [-0.05, 0) is 0 Å². The maximum Gasteiger partial charge on any atom is 0.490 e. The van der Waals surface area contributed by atoms with Crippen LogP contribution in [0.5, 0.6) is 0 Å². The number of phosphoric ester groups is 1. The topological polar surface area (TPSA) is 239 Å². The fourth-order valence-corrected chi connectivity index (χ4v) is 6.18. The molecule has 0 amide bonds. The normalized spacial score (nSPS) is 25.1. The fourth-order valence-electron chi connectivity index (χ4n) is 2.74. The van der Waals surface area contributed by atoms with Crippen molar-refractivity contribution in [1.82, 2.24) is 19.5 Å². The number of alkyl halides is 1.